The van der Waals surface area contributed by atoms with E-state index in [1.165, 1.54) is 12.8 Å². The highest BCUT2D eigenvalue weighted by Gasteiger charge is 2.24. The normalized spacial score (nSPS) is 27.0. The molecule has 1 aliphatic heterocycles. The van der Waals surface area contributed by atoms with Gasteiger partial charge in [0.1, 0.15) is 0 Å². The van der Waals surface area contributed by atoms with E-state index in [1.807, 2.05) is 0 Å². The number of guanidine groups is 1. The lowest BCUT2D eigenvalue weighted by Gasteiger charge is -2.36. The second-order valence-electron chi connectivity index (χ2n) is 4.89. The van der Waals surface area contributed by atoms with Crippen LogP contribution in [0.4, 0.5) is 0 Å². The number of hydrazine groups is 1. The minimum absolute atomic E-state index is 0.721. The lowest BCUT2D eigenvalue weighted by atomic mass is 9.89. The molecule has 4 nitrogen and oxygen atoms in total. The molecule has 0 spiro atoms. The van der Waals surface area contributed by atoms with E-state index in [0.29, 0.717) is 0 Å². The third-order valence-electron chi connectivity index (χ3n) is 3.54. The molecular formula is C12H26N4. The quantitative estimate of drug-likeness (QED) is 0.253. The number of nitrogens with zero attached hydrogens (tertiary/aromatic N) is 2. The van der Waals surface area contributed by atoms with Gasteiger partial charge in [-0.15, -0.1) is 0 Å². The summed E-state index contributed by atoms with van der Waals surface area (Å²) < 4.78 is 0. The van der Waals surface area contributed by atoms with Crippen LogP contribution in [0.15, 0.2) is 4.99 Å². The number of nitrogens with one attached hydrogen (secondary N) is 1. The van der Waals surface area contributed by atoms with E-state index in [4.69, 9.17) is 5.84 Å². The molecule has 0 aromatic heterocycles. The number of hydrogen-bond acceptors (Lipinski definition) is 2. The highest BCUT2D eigenvalue weighted by molar-refractivity contribution is 5.79. The maximum atomic E-state index is 5.54. The Bertz CT molecular complexity index is 227. The van der Waals surface area contributed by atoms with Crippen LogP contribution < -0.4 is 11.3 Å². The van der Waals surface area contributed by atoms with E-state index >= 15 is 0 Å². The van der Waals surface area contributed by atoms with Gasteiger partial charge in [-0.1, -0.05) is 27.2 Å². The number of nitrogens with two attached hydrogens (primary N) is 1. The van der Waals surface area contributed by atoms with E-state index in [9.17, 15) is 0 Å². The van der Waals surface area contributed by atoms with Crippen molar-refractivity contribution in [3.05, 3.63) is 0 Å². The SMILES string of the molecule is CCCCN=C(NN)N1CCC(C)C(C)C1. The van der Waals surface area contributed by atoms with Crippen molar-refractivity contribution in [1.82, 2.24) is 10.3 Å². The van der Waals surface area contributed by atoms with Gasteiger partial charge in [-0.25, -0.2) is 5.84 Å². The van der Waals surface area contributed by atoms with Crippen molar-refractivity contribution < 1.29 is 0 Å². The second kappa shape index (κ2) is 6.74. The van der Waals surface area contributed by atoms with Gasteiger partial charge in [0.15, 0.2) is 0 Å². The van der Waals surface area contributed by atoms with Crippen molar-refractivity contribution in [2.75, 3.05) is 19.6 Å². The van der Waals surface area contributed by atoms with Gasteiger partial charge in [0, 0.05) is 19.6 Å². The molecule has 3 N–H and O–H groups in total. The lowest BCUT2D eigenvalue weighted by Crippen LogP contribution is -2.50. The zero-order chi connectivity index (χ0) is 12.0. The van der Waals surface area contributed by atoms with Gasteiger partial charge in [0.05, 0.1) is 0 Å². The molecule has 2 atom stereocenters. The van der Waals surface area contributed by atoms with Crippen LogP contribution in [0.1, 0.15) is 40.0 Å². The zero-order valence-electron chi connectivity index (χ0n) is 10.9. The fourth-order valence-electron chi connectivity index (χ4n) is 2.04. The summed E-state index contributed by atoms with van der Waals surface area (Å²) in [6.07, 6.45) is 3.54. The Labute approximate surface area is 99.3 Å². The molecule has 1 fully saturated rings. The van der Waals surface area contributed by atoms with Crippen molar-refractivity contribution in [3.63, 3.8) is 0 Å². The molecule has 16 heavy (non-hydrogen) atoms. The summed E-state index contributed by atoms with van der Waals surface area (Å²) >= 11 is 0. The summed E-state index contributed by atoms with van der Waals surface area (Å²) in [5.74, 6) is 7.94. The molecule has 0 amide bonds. The number of hydrogen-bond donors (Lipinski definition) is 2. The Balaban J connectivity index is 2.49. The average molecular weight is 226 g/mol. The molecule has 94 valence electrons. The predicted molar refractivity (Wildman–Crippen MR) is 69.1 cm³/mol. The highest BCUT2D eigenvalue weighted by atomic mass is 15.4. The molecule has 2 unspecified atom stereocenters. The van der Waals surface area contributed by atoms with E-state index in [1.54, 1.807) is 0 Å². The van der Waals surface area contributed by atoms with Gasteiger partial charge in [0.2, 0.25) is 5.96 Å². The lowest BCUT2D eigenvalue weighted by molar-refractivity contribution is 0.200. The van der Waals surface area contributed by atoms with Crippen molar-refractivity contribution >= 4 is 5.96 Å². The van der Waals surface area contributed by atoms with Crippen LogP contribution in [-0.2, 0) is 0 Å². The van der Waals surface area contributed by atoms with E-state index in [-0.39, 0.29) is 0 Å². The molecule has 4 heteroatoms. The number of rotatable bonds is 3. The summed E-state index contributed by atoms with van der Waals surface area (Å²) in [4.78, 5) is 6.80. The van der Waals surface area contributed by atoms with Crippen molar-refractivity contribution in [2.45, 2.75) is 40.0 Å². The first-order valence-corrected chi connectivity index (χ1v) is 6.45. The minimum Gasteiger partial charge on any atom is -0.342 e. The van der Waals surface area contributed by atoms with Gasteiger partial charge in [-0.3, -0.25) is 10.4 Å². The molecule has 1 saturated heterocycles. The first-order valence-electron chi connectivity index (χ1n) is 6.45. The summed E-state index contributed by atoms with van der Waals surface area (Å²) in [5.41, 5.74) is 2.74. The van der Waals surface area contributed by atoms with Crippen LogP contribution in [0.5, 0.6) is 0 Å². The summed E-state index contributed by atoms with van der Waals surface area (Å²) in [7, 11) is 0. The van der Waals surface area contributed by atoms with Crippen molar-refractivity contribution in [1.29, 1.82) is 0 Å². The Morgan fingerprint density at radius 2 is 2.19 bits per heavy atom. The molecule has 0 aliphatic carbocycles. The van der Waals surface area contributed by atoms with Crippen LogP contribution in [0.3, 0.4) is 0 Å². The van der Waals surface area contributed by atoms with Crippen LogP contribution in [0.25, 0.3) is 0 Å². The van der Waals surface area contributed by atoms with Crippen LogP contribution in [-0.4, -0.2) is 30.5 Å². The zero-order valence-corrected chi connectivity index (χ0v) is 10.9. The first kappa shape index (κ1) is 13.3. The van der Waals surface area contributed by atoms with E-state index in [2.05, 4.69) is 36.1 Å². The van der Waals surface area contributed by atoms with Gasteiger partial charge in [-0.2, -0.15) is 0 Å². The Kier molecular flexibility index (Phi) is 5.60. The highest BCUT2D eigenvalue weighted by Crippen LogP contribution is 2.22. The topological polar surface area (TPSA) is 53.6 Å². The van der Waals surface area contributed by atoms with Gasteiger partial charge in [-0.05, 0) is 24.7 Å². The molecule has 0 bridgehead atoms. The second-order valence-corrected chi connectivity index (χ2v) is 4.89. The molecule has 0 saturated carbocycles. The molecule has 0 aromatic carbocycles. The monoisotopic (exact) mass is 226 g/mol. The summed E-state index contributed by atoms with van der Waals surface area (Å²) in [6, 6.07) is 0. The largest absolute Gasteiger partial charge is 0.342 e. The third-order valence-corrected chi connectivity index (χ3v) is 3.54. The van der Waals surface area contributed by atoms with Crippen LogP contribution >= 0.6 is 0 Å². The first-order chi connectivity index (χ1) is 7.69. The molecule has 0 aromatic rings. The molecule has 1 rings (SSSR count). The minimum atomic E-state index is 0.721. The maximum Gasteiger partial charge on any atom is 0.208 e. The maximum absolute atomic E-state index is 5.54. The average Bonchev–Trinajstić information content (AvgIpc) is 2.29. The van der Waals surface area contributed by atoms with Gasteiger partial charge >= 0.3 is 0 Å². The standard InChI is InChI=1S/C12H26N4/c1-4-5-7-14-12(15-13)16-8-6-10(2)11(3)9-16/h10-11H,4-9,13H2,1-3H3,(H,14,15). The molecule has 1 heterocycles. The number of aliphatic imine (C=N–C) groups is 1. The van der Waals surface area contributed by atoms with Crippen LogP contribution in [0.2, 0.25) is 0 Å². The predicted octanol–water partition coefficient (Wildman–Crippen LogP) is 1.58. The molecule has 0 radical (unpaired) electrons. The Hall–Kier alpha value is -0.770. The number of piperidine rings is 1. The Morgan fingerprint density at radius 3 is 2.75 bits per heavy atom. The molecular weight excluding hydrogens is 200 g/mol. The smallest absolute Gasteiger partial charge is 0.208 e. The fraction of sp³-hybridized carbons (Fsp3) is 0.917. The fourth-order valence-corrected chi connectivity index (χ4v) is 2.04. The Morgan fingerprint density at radius 1 is 1.44 bits per heavy atom. The van der Waals surface area contributed by atoms with Crippen LogP contribution in [0, 0.1) is 11.8 Å². The van der Waals surface area contributed by atoms with Gasteiger partial charge < -0.3 is 4.90 Å². The van der Waals surface area contributed by atoms with Crippen molar-refractivity contribution in [3.8, 4) is 0 Å². The third kappa shape index (κ3) is 3.67. The summed E-state index contributed by atoms with van der Waals surface area (Å²) in [6.45, 7) is 9.81. The summed E-state index contributed by atoms with van der Waals surface area (Å²) in [5, 5.41) is 0. The van der Waals surface area contributed by atoms with E-state index in [0.717, 1.165) is 43.9 Å². The number of unbranched alkanes of at least 4 members (excludes halogenated alkanes) is 1. The van der Waals surface area contributed by atoms with Gasteiger partial charge in [0.25, 0.3) is 0 Å². The number of likely N-dealkylation sites (tertiary alicyclic amines) is 1. The van der Waals surface area contributed by atoms with Crippen molar-refractivity contribution in [2.24, 2.45) is 22.7 Å². The van der Waals surface area contributed by atoms with E-state index < -0.39 is 0 Å². The molecule has 1 aliphatic rings.